The number of nitrogens with zero attached hydrogens (tertiary/aromatic N) is 4. The summed E-state index contributed by atoms with van der Waals surface area (Å²) in [7, 11) is 1.30. The van der Waals surface area contributed by atoms with Crippen LogP contribution in [0, 0.1) is 10.1 Å². The number of pyridine rings is 1. The summed E-state index contributed by atoms with van der Waals surface area (Å²) in [6, 6.07) is 1.27. The van der Waals surface area contributed by atoms with Crippen LogP contribution in [0.25, 0.3) is 0 Å². The number of hydrogen-bond acceptors (Lipinski definition) is 6. The Hall–Kier alpha value is -2.52. The number of amides is 1. The molecule has 1 aliphatic heterocycles. The van der Waals surface area contributed by atoms with Gasteiger partial charge in [0, 0.05) is 19.7 Å². The van der Waals surface area contributed by atoms with Crippen LogP contribution in [0.5, 0.6) is 0 Å². The fourth-order valence-corrected chi connectivity index (χ4v) is 2.76. The Kier molecular flexibility index (Phi) is 10.6. The van der Waals surface area contributed by atoms with E-state index in [-0.39, 0.29) is 18.8 Å². The van der Waals surface area contributed by atoms with Crippen molar-refractivity contribution in [2.45, 2.75) is 72.5 Å². The summed E-state index contributed by atoms with van der Waals surface area (Å²) in [6.07, 6.45) is 0.430. The van der Waals surface area contributed by atoms with Gasteiger partial charge in [0.15, 0.2) is 6.20 Å². The van der Waals surface area contributed by atoms with Crippen molar-refractivity contribution in [1.29, 1.82) is 0 Å². The van der Waals surface area contributed by atoms with Crippen molar-refractivity contribution in [2.75, 3.05) is 25.0 Å². The summed E-state index contributed by atoms with van der Waals surface area (Å²) < 4.78 is 34.4. The number of ether oxygens (including phenoxy) is 1. The van der Waals surface area contributed by atoms with Crippen molar-refractivity contribution in [3.8, 4) is 0 Å². The van der Waals surface area contributed by atoms with Crippen molar-refractivity contribution in [3.05, 3.63) is 28.4 Å². The minimum Gasteiger partial charge on any atom is -0.444 e. The maximum atomic E-state index is 14.6. The molecule has 8 nitrogen and oxygen atoms in total. The number of anilines is 1. The van der Waals surface area contributed by atoms with Gasteiger partial charge in [-0.05, 0) is 43.2 Å². The molecule has 1 aromatic heterocycles. The number of alkyl halides is 2. The summed E-state index contributed by atoms with van der Waals surface area (Å²) in [6.45, 7) is 12.6. The summed E-state index contributed by atoms with van der Waals surface area (Å²) in [5.41, 5.74) is -0.403. The number of piperidine rings is 1. The van der Waals surface area contributed by atoms with Gasteiger partial charge in [0.25, 0.3) is 5.92 Å². The zero-order valence-electron chi connectivity index (χ0n) is 19.1. The SMILES string of the molecule is CC.CC.CN(C(=O)OC(C)(C)C)C1CCN(c2ccc([N+](=O)[O-])nc2)CC1(F)F. The first kappa shape index (κ1) is 27.5. The molecule has 1 aliphatic rings. The third-order valence-corrected chi connectivity index (χ3v) is 4.00. The molecule has 10 heteroatoms. The Labute approximate surface area is 177 Å². The largest absolute Gasteiger partial charge is 0.444 e. The lowest BCUT2D eigenvalue weighted by Gasteiger charge is -2.42. The van der Waals surface area contributed by atoms with Crippen LogP contribution in [-0.4, -0.2) is 58.6 Å². The highest BCUT2D eigenvalue weighted by molar-refractivity contribution is 5.68. The van der Waals surface area contributed by atoms with Gasteiger partial charge in [-0.1, -0.05) is 27.7 Å². The van der Waals surface area contributed by atoms with Gasteiger partial charge >= 0.3 is 11.9 Å². The van der Waals surface area contributed by atoms with E-state index in [0.29, 0.717) is 5.69 Å². The summed E-state index contributed by atoms with van der Waals surface area (Å²) in [5.74, 6) is -3.52. The van der Waals surface area contributed by atoms with E-state index in [4.69, 9.17) is 4.74 Å². The van der Waals surface area contributed by atoms with E-state index in [2.05, 4.69) is 4.98 Å². The first-order chi connectivity index (χ1) is 13.9. The first-order valence-electron chi connectivity index (χ1n) is 10.1. The standard InChI is InChI=1S/C16H22F2N4O4.2C2H6/c1-15(2,3)26-14(23)20(4)12-7-8-21(10-16(12,17)18)11-5-6-13(19-9-11)22(24)25;2*1-2/h5-6,9,12H,7-8,10H2,1-4H3;2*1-2H3. The van der Waals surface area contributed by atoms with Gasteiger partial charge in [-0.15, -0.1) is 0 Å². The van der Waals surface area contributed by atoms with E-state index in [1.165, 1.54) is 30.3 Å². The molecule has 1 fully saturated rings. The molecule has 1 atom stereocenters. The molecule has 2 rings (SSSR count). The number of carbonyl (C=O) groups is 1. The van der Waals surface area contributed by atoms with Crippen LogP contribution in [0.1, 0.15) is 54.9 Å². The molecule has 0 bridgehead atoms. The first-order valence-corrected chi connectivity index (χ1v) is 10.1. The lowest BCUT2D eigenvalue weighted by atomic mass is 9.99. The van der Waals surface area contributed by atoms with Crippen LogP contribution >= 0.6 is 0 Å². The number of hydrogen-bond donors (Lipinski definition) is 0. The molecular formula is C20H34F2N4O4. The fraction of sp³-hybridized carbons (Fsp3) is 0.700. The topological polar surface area (TPSA) is 88.8 Å². The van der Waals surface area contributed by atoms with Crippen LogP contribution in [-0.2, 0) is 4.74 Å². The van der Waals surface area contributed by atoms with Crippen molar-refractivity contribution in [1.82, 2.24) is 9.88 Å². The molecule has 1 unspecified atom stereocenters. The van der Waals surface area contributed by atoms with Crippen molar-refractivity contribution in [2.24, 2.45) is 0 Å². The Morgan fingerprint density at radius 1 is 1.30 bits per heavy atom. The van der Waals surface area contributed by atoms with E-state index in [1.54, 1.807) is 20.8 Å². The van der Waals surface area contributed by atoms with E-state index in [9.17, 15) is 23.7 Å². The second kappa shape index (κ2) is 11.6. The lowest BCUT2D eigenvalue weighted by Crippen LogP contribution is -2.59. The van der Waals surface area contributed by atoms with Gasteiger partial charge in [0.1, 0.15) is 11.6 Å². The monoisotopic (exact) mass is 432 g/mol. The Morgan fingerprint density at radius 3 is 2.27 bits per heavy atom. The molecule has 0 aliphatic carbocycles. The Balaban J connectivity index is 0.00000198. The van der Waals surface area contributed by atoms with Crippen molar-refractivity contribution >= 4 is 17.6 Å². The predicted molar refractivity (Wildman–Crippen MR) is 113 cm³/mol. The van der Waals surface area contributed by atoms with Crippen LogP contribution in [0.3, 0.4) is 0 Å². The van der Waals surface area contributed by atoms with E-state index in [0.717, 1.165) is 4.90 Å². The highest BCUT2D eigenvalue weighted by Crippen LogP contribution is 2.33. The van der Waals surface area contributed by atoms with Crippen molar-refractivity contribution in [3.63, 3.8) is 0 Å². The van der Waals surface area contributed by atoms with E-state index >= 15 is 0 Å². The summed E-state index contributed by atoms with van der Waals surface area (Å²) in [5, 5.41) is 10.6. The molecule has 0 radical (unpaired) electrons. The molecule has 0 N–H and O–H groups in total. The highest BCUT2D eigenvalue weighted by atomic mass is 19.3. The van der Waals surface area contributed by atoms with E-state index in [1.807, 2.05) is 27.7 Å². The van der Waals surface area contributed by atoms with Gasteiger partial charge in [-0.3, -0.25) is 0 Å². The lowest BCUT2D eigenvalue weighted by molar-refractivity contribution is -0.389. The maximum absolute atomic E-state index is 14.6. The smallest absolute Gasteiger partial charge is 0.410 e. The predicted octanol–water partition coefficient (Wildman–Crippen LogP) is 5.12. The highest BCUT2D eigenvalue weighted by Gasteiger charge is 2.48. The number of rotatable bonds is 3. The third-order valence-electron chi connectivity index (χ3n) is 4.00. The second-order valence-electron chi connectivity index (χ2n) is 7.21. The summed E-state index contributed by atoms with van der Waals surface area (Å²) >= 11 is 0. The van der Waals surface area contributed by atoms with Gasteiger partial charge in [0.2, 0.25) is 0 Å². The fourth-order valence-electron chi connectivity index (χ4n) is 2.76. The van der Waals surface area contributed by atoms with Crippen LogP contribution in [0.15, 0.2) is 18.3 Å². The molecule has 172 valence electrons. The number of carbonyl (C=O) groups excluding carboxylic acids is 1. The van der Waals surface area contributed by atoms with Crippen LogP contribution < -0.4 is 4.90 Å². The molecule has 30 heavy (non-hydrogen) atoms. The van der Waals surface area contributed by atoms with Crippen LogP contribution in [0.2, 0.25) is 0 Å². The minimum atomic E-state index is -3.17. The van der Waals surface area contributed by atoms with Gasteiger partial charge in [-0.2, -0.15) is 0 Å². The van der Waals surface area contributed by atoms with E-state index < -0.39 is 35.1 Å². The Bertz CT molecular complexity index is 678. The second-order valence-corrected chi connectivity index (χ2v) is 7.21. The number of nitro groups is 1. The summed E-state index contributed by atoms with van der Waals surface area (Å²) in [4.78, 5) is 28.1. The van der Waals surface area contributed by atoms with Gasteiger partial charge < -0.3 is 24.7 Å². The third kappa shape index (κ3) is 7.72. The average molecular weight is 433 g/mol. The van der Waals surface area contributed by atoms with Gasteiger partial charge in [0.05, 0.1) is 12.2 Å². The quantitative estimate of drug-likeness (QED) is 0.486. The molecule has 0 saturated carbocycles. The zero-order chi connectivity index (χ0) is 23.7. The number of aromatic nitrogens is 1. The molecule has 0 aromatic carbocycles. The molecule has 1 aromatic rings. The molecular weight excluding hydrogens is 398 g/mol. The molecule has 0 spiro atoms. The molecule has 2 heterocycles. The average Bonchev–Trinajstić information content (AvgIpc) is 2.68. The van der Waals surface area contributed by atoms with Crippen LogP contribution in [0.4, 0.5) is 25.1 Å². The zero-order valence-corrected chi connectivity index (χ0v) is 19.1. The molecule has 1 saturated heterocycles. The molecule has 1 amide bonds. The Morgan fingerprint density at radius 2 is 1.87 bits per heavy atom. The minimum absolute atomic E-state index is 0.0275. The van der Waals surface area contributed by atoms with Gasteiger partial charge in [-0.25, -0.2) is 13.6 Å². The van der Waals surface area contributed by atoms with Crippen molar-refractivity contribution < 1.29 is 23.2 Å². The normalized spacial score (nSPS) is 17.5. The maximum Gasteiger partial charge on any atom is 0.410 e. The number of halogens is 2.